The Morgan fingerprint density at radius 1 is 0.763 bits per heavy atom. The van der Waals surface area contributed by atoms with Gasteiger partial charge in [-0.3, -0.25) is 4.99 Å². The van der Waals surface area contributed by atoms with Crippen molar-refractivity contribution in [3.63, 3.8) is 0 Å². The van der Waals surface area contributed by atoms with Crippen molar-refractivity contribution in [2.75, 3.05) is 4.90 Å². The van der Waals surface area contributed by atoms with E-state index in [4.69, 9.17) is 10.7 Å². The maximum atomic E-state index is 5.81. The number of benzene rings is 3. The van der Waals surface area contributed by atoms with Crippen molar-refractivity contribution in [1.29, 1.82) is 0 Å². The summed E-state index contributed by atoms with van der Waals surface area (Å²) >= 11 is 0. The third-order valence-corrected chi connectivity index (χ3v) is 9.92. The quantitative estimate of drug-likeness (QED) is 0.110. The Balaban J connectivity index is 1.43. The van der Waals surface area contributed by atoms with Crippen molar-refractivity contribution in [3.05, 3.63) is 258 Å². The predicted molar refractivity (Wildman–Crippen MR) is 262 cm³/mol. The molecule has 2 N–H and O–H groups in total. The van der Waals surface area contributed by atoms with Gasteiger partial charge in [0.15, 0.2) is 0 Å². The molecule has 3 aromatic rings. The molecule has 5 rings (SSSR count). The Morgan fingerprint density at radius 2 is 1.49 bits per heavy atom. The summed E-state index contributed by atoms with van der Waals surface area (Å²) in [6, 6.07) is 23.3. The van der Waals surface area contributed by atoms with Crippen molar-refractivity contribution >= 4 is 46.1 Å². The molecule has 1 aliphatic carbocycles. The summed E-state index contributed by atoms with van der Waals surface area (Å²) in [6.07, 6.45) is 41.4. The number of allylic oxidation sites excluding steroid dienone is 24. The highest BCUT2D eigenvalue weighted by Gasteiger charge is 2.32. The van der Waals surface area contributed by atoms with Crippen molar-refractivity contribution in [2.45, 2.75) is 34.1 Å². The fraction of sp³-hybridized carbons (Fsp3) is 0.0893. The first-order chi connectivity index (χ1) is 28.7. The van der Waals surface area contributed by atoms with Gasteiger partial charge in [0, 0.05) is 28.7 Å². The second kappa shape index (κ2) is 21.3. The van der Waals surface area contributed by atoms with Crippen molar-refractivity contribution in [2.24, 2.45) is 10.7 Å². The topological polar surface area (TPSA) is 41.6 Å². The van der Waals surface area contributed by atoms with Gasteiger partial charge in [0.2, 0.25) is 0 Å². The van der Waals surface area contributed by atoms with Gasteiger partial charge in [0.05, 0.1) is 17.1 Å². The molecule has 59 heavy (non-hydrogen) atoms. The van der Waals surface area contributed by atoms with Gasteiger partial charge in [-0.15, -0.1) is 0 Å². The number of para-hydroxylation sites is 1. The van der Waals surface area contributed by atoms with E-state index in [0.717, 1.165) is 67.9 Å². The molecule has 294 valence electrons. The lowest BCUT2D eigenvalue weighted by molar-refractivity contribution is 1.11. The summed E-state index contributed by atoms with van der Waals surface area (Å²) in [7, 11) is 0. The van der Waals surface area contributed by atoms with Crippen LogP contribution in [0.2, 0.25) is 0 Å². The van der Waals surface area contributed by atoms with Crippen molar-refractivity contribution < 1.29 is 0 Å². The molecule has 0 radical (unpaired) electrons. The number of rotatable bonds is 17. The lowest BCUT2D eigenvalue weighted by atomic mass is 9.91. The van der Waals surface area contributed by atoms with E-state index in [-0.39, 0.29) is 0 Å². The van der Waals surface area contributed by atoms with E-state index >= 15 is 0 Å². The molecule has 0 saturated heterocycles. The molecule has 0 saturated carbocycles. The molecule has 3 aromatic carbocycles. The molecule has 0 bridgehead atoms. The van der Waals surface area contributed by atoms with Crippen molar-refractivity contribution in [1.82, 2.24) is 0 Å². The first-order valence-corrected chi connectivity index (χ1v) is 19.9. The Labute approximate surface area is 352 Å². The molecule has 3 nitrogen and oxygen atoms in total. The van der Waals surface area contributed by atoms with Gasteiger partial charge in [0.1, 0.15) is 0 Å². The van der Waals surface area contributed by atoms with Crippen LogP contribution in [0.1, 0.15) is 61.9 Å². The number of fused-ring (bicyclic) bond motifs is 1. The minimum atomic E-state index is 0.497. The smallest absolute Gasteiger partial charge is 0.0701 e. The van der Waals surface area contributed by atoms with E-state index < -0.39 is 0 Å². The number of hydrogen-bond donors (Lipinski definition) is 1. The van der Waals surface area contributed by atoms with E-state index in [1.807, 2.05) is 86.9 Å². The molecule has 0 unspecified atom stereocenters. The van der Waals surface area contributed by atoms with E-state index in [1.165, 1.54) is 22.5 Å². The summed E-state index contributed by atoms with van der Waals surface area (Å²) < 4.78 is 0. The maximum absolute atomic E-state index is 5.81. The third kappa shape index (κ3) is 11.0. The number of anilines is 1. The molecular formula is C56H55N3. The zero-order valence-electron chi connectivity index (χ0n) is 34.9. The van der Waals surface area contributed by atoms with E-state index in [9.17, 15) is 0 Å². The summed E-state index contributed by atoms with van der Waals surface area (Å²) in [5.74, 6) is 0. The zero-order chi connectivity index (χ0) is 42.1. The monoisotopic (exact) mass is 769 g/mol. The van der Waals surface area contributed by atoms with Gasteiger partial charge < -0.3 is 10.6 Å². The number of nitrogens with two attached hydrogens (primary N) is 1. The SMILES string of the molecule is C=C/C=C\C=C1\c2cc(C(=C)/C=C\c3ccccc3N=C/C=C(\C=C/C)C(/C=C\C=C/C(=C)N)=C(/C)c3ccc(C(/C=C\C)=C/C=C)cc3)ccc2N1C1=CCC=C1C. The van der Waals surface area contributed by atoms with Crippen LogP contribution in [0.3, 0.4) is 0 Å². The van der Waals surface area contributed by atoms with Gasteiger partial charge in [-0.25, -0.2) is 0 Å². The van der Waals surface area contributed by atoms with Gasteiger partial charge >= 0.3 is 0 Å². The predicted octanol–water partition coefficient (Wildman–Crippen LogP) is 15.0. The Morgan fingerprint density at radius 3 is 2.19 bits per heavy atom. The lowest BCUT2D eigenvalue weighted by Gasteiger charge is -2.40. The van der Waals surface area contributed by atoms with Crippen LogP contribution < -0.4 is 10.6 Å². The highest BCUT2D eigenvalue weighted by Crippen LogP contribution is 2.48. The number of aliphatic imine (C=N–C) groups is 1. The molecular weight excluding hydrogens is 715 g/mol. The van der Waals surface area contributed by atoms with Crippen LogP contribution in [-0.4, -0.2) is 6.21 Å². The molecule has 1 aliphatic heterocycles. The van der Waals surface area contributed by atoms with Gasteiger partial charge in [-0.05, 0) is 121 Å². The number of hydrogen-bond acceptors (Lipinski definition) is 3. The fourth-order valence-electron chi connectivity index (χ4n) is 6.90. The normalized spacial score (nSPS) is 15.9. The van der Waals surface area contributed by atoms with Crippen LogP contribution in [0.4, 0.5) is 11.4 Å². The fourth-order valence-corrected chi connectivity index (χ4v) is 6.90. The number of nitrogens with zero attached hydrogens (tertiary/aromatic N) is 2. The molecule has 1 heterocycles. The average Bonchev–Trinajstić information content (AvgIpc) is 3.65. The highest BCUT2D eigenvalue weighted by atomic mass is 15.2. The van der Waals surface area contributed by atoms with Gasteiger partial charge in [0.25, 0.3) is 0 Å². The lowest BCUT2D eigenvalue weighted by Crippen LogP contribution is -2.30. The van der Waals surface area contributed by atoms with Crippen LogP contribution in [0, 0.1) is 0 Å². The molecule has 0 atom stereocenters. The molecule has 3 heteroatoms. The first kappa shape index (κ1) is 42.9. The average molecular weight is 770 g/mol. The molecule has 0 amide bonds. The minimum absolute atomic E-state index is 0.497. The second-order valence-electron chi connectivity index (χ2n) is 14.0. The van der Waals surface area contributed by atoms with Crippen LogP contribution in [0.25, 0.3) is 28.5 Å². The molecule has 0 spiro atoms. The molecule has 0 fully saturated rings. The van der Waals surface area contributed by atoms with Crippen LogP contribution >= 0.6 is 0 Å². The van der Waals surface area contributed by atoms with E-state index in [0.29, 0.717) is 5.70 Å². The molecule has 0 aromatic heterocycles. The summed E-state index contributed by atoms with van der Waals surface area (Å²) in [6.45, 7) is 24.3. The molecule has 2 aliphatic rings. The summed E-state index contributed by atoms with van der Waals surface area (Å²) in [5, 5.41) is 0. The van der Waals surface area contributed by atoms with Crippen molar-refractivity contribution in [3.8, 4) is 0 Å². The van der Waals surface area contributed by atoms with Crippen LogP contribution in [-0.2, 0) is 0 Å². The zero-order valence-corrected chi connectivity index (χ0v) is 34.9. The van der Waals surface area contributed by atoms with Gasteiger partial charge in [-0.1, -0.05) is 172 Å². The van der Waals surface area contributed by atoms with Crippen LogP contribution in [0.15, 0.2) is 236 Å². The largest absolute Gasteiger partial charge is 0.399 e. The standard InChI is InChI=1S/C56H55N3/c1-9-13-14-28-55-52-40-50(36-37-56(52)59(55)54-29-19-23-42(54)6)41(5)30-31-49-25-16-18-27-53(49)58-39-38-48(22-12-4)51(26-17-15-24-43(7)57)44(8)45-32-34-47(35-33-45)46(20-10-2)21-11-3/h9-18,20-40H,1-2,5,7,19,57H2,3-4,6,8H3/b14-13-,21-11-,22-12-,24-15-,26-17-,31-30-,46-20+,48-38+,51-44-,55-28-,58-39?. The maximum Gasteiger partial charge on any atom is 0.0701 e. The Bertz CT molecular complexity index is 2500. The summed E-state index contributed by atoms with van der Waals surface area (Å²) in [5.41, 5.74) is 22.8. The Kier molecular flexibility index (Phi) is 15.5. The Hall–Kier alpha value is -7.23. The summed E-state index contributed by atoms with van der Waals surface area (Å²) in [4.78, 5) is 7.29. The van der Waals surface area contributed by atoms with E-state index in [2.05, 4.69) is 148 Å². The first-order valence-electron chi connectivity index (χ1n) is 19.9. The minimum Gasteiger partial charge on any atom is -0.399 e. The third-order valence-electron chi connectivity index (χ3n) is 9.92. The van der Waals surface area contributed by atoms with Gasteiger partial charge in [-0.2, -0.15) is 0 Å². The highest BCUT2D eigenvalue weighted by molar-refractivity contribution is 6.02. The van der Waals surface area contributed by atoms with E-state index in [1.54, 1.807) is 12.2 Å². The van der Waals surface area contributed by atoms with Crippen LogP contribution in [0.5, 0.6) is 0 Å². The second-order valence-corrected chi connectivity index (χ2v) is 14.0.